The normalized spacial score (nSPS) is 12.8. The molecule has 0 aliphatic carbocycles. The summed E-state index contributed by atoms with van der Waals surface area (Å²) in [7, 11) is 0. The zero-order chi connectivity index (χ0) is 12.0. The van der Waals surface area contributed by atoms with Crippen molar-refractivity contribution in [1.29, 1.82) is 0 Å². The largest absolute Gasteiger partial charge is 0.328 e. The second-order valence-corrected chi connectivity index (χ2v) is 5.32. The number of nitrogens with zero attached hydrogens (tertiary/aromatic N) is 2. The molecule has 0 spiro atoms. The van der Waals surface area contributed by atoms with E-state index in [4.69, 9.17) is 5.73 Å². The highest BCUT2D eigenvalue weighted by Crippen LogP contribution is 2.16. The van der Waals surface area contributed by atoms with Crippen LogP contribution in [0.1, 0.15) is 37.6 Å². The van der Waals surface area contributed by atoms with Crippen molar-refractivity contribution in [2.45, 2.75) is 51.2 Å². The predicted octanol–water partition coefficient (Wildman–Crippen LogP) is 2.70. The van der Waals surface area contributed by atoms with Crippen LogP contribution in [0.2, 0.25) is 0 Å². The third-order valence-electron chi connectivity index (χ3n) is 2.25. The highest BCUT2D eigenvalue weighted by atomic mass is 32.2. The summed E-state index contributed by atoms with van der Waals surface area (Å²) in [4.78, 5) is 8.79. The van der Waals surface area contributed by atoms with Gasteiger partial charge in [-0.2, -0.15) is 0 Å². The van der Waals surface area contributed by atoms with Crippen molar-refractivity contribution in [3.8, 4) is 0 Å². The molecule has 1 heterocycles. The monoisotopic (exact) mass is 239 g/mol. The minimum atomic E-state index is 0.322. The Balaban J connectivity index is 2.26. The van der Waals surface area contributed by atoms with Gasteiger partial charge in [-0.15, -0.1) is 0 Å². The number of hydrogen-bond donors (Lipinski definition) is 1. The SMILES string of the molecule is Cc1cc(C)nc(SCCCCC(C)N)n1. The first kappa shape index (κ1) is 13.5. The summed E-state index contributed by atoms with van der Waals surface area (Å²) in [5.41, 5.74) is 7.79. The Morgan fingerprint density at radius 1 is 1.25 bits per heavy atom. The van der Waals surface area contributed by atoms with Gasteiger partial charge in [0.25, 0.3) is 0 Å². The van der Waals surface area contributed by atoms with E-state index in [1.807, 2.05) is 19.9 Å². The fourth-order valence-electron chi connectivity index (χ4n) is 1.49. The molecule has 0 aliphatic heterocycles. The van der Waals surface area contributed by atoms with E-state index in [2.05, 4.69) is 16.9 Å². The molecule has 0 bridgehead atoms. The molecule has 0 fully saturated rings. The highest BCUT2D eigenvalue weighted by molar-refractivity contribution is 7.99. The average molecular weight is 239 g/mol. The van der Waals surface area contributed by atoms with E-state index < -0.39 is 0 Å². The van der Waals surface area contributed by atoms with Crippen LogP contribution in [0.4, 0.5) is 0 Å². The van der Waals surface area contributed by atoms with E-state index in [0.717, 1.165) is 28.7 Å². The molecule has 1 atom stereocenters. The maximum Gasteiger partial charge on any atom is 0.187 e. The Morgan fingerprint density at radius 2 is 1.88 bits per heavy atom. The smallest absolute Gasteiger partial charge is 0.187 e. The molecule has 90 valence electrons. The lowest BCUT2D eigenvalue weighted by Gasteiger charge is -2.04. The van der Waals surface area contributed by atoms with Crippen LogP contribution in [0, 0.1) is 13.8 Å². The maximum absolute atomic E-state index is 5.69. The Hall–Kier alpha value is -0.610. The van der Waals surface area contributed by atoms with Gasteiger partial charge in [0.1, 0.15) is 0 Å². The fraction of sp³-hybridized carbons (Fsp3) is 0.667. The number of rotatable bonds is 6. The van der Waals surface area contributed by atoms with Crippen molar-refractivity contribution in [2.75, 3.05) is 5.75 Å². The number of hydrogen-bond acceptors (Lipinski definition) is 4. The Bertz CT molecular complexity index is 306. The summed E-state index contributed by atoms with van der Waals surface area (Å²) < 4.78 is 0. The van der Waals surface area contributed by atoms with Gasteiger partial charge in [0, 0.05) is 23.2 Å². The Kier molecular flexibility index (Phi) is 5.77. The summed E-state index contributed by atoms with van der Waals surface area (Å²) in [6.07, 6.45) is 3.48. The molecule has 1 aromatic rings. The maximum atomic E-state index is 5.69. The summed E-state index contributed by atoms with van der Waals surface area (Å²) in [6, 6.07) is 2.32. The highest BCUT2D eigenvalue weighted by Gasteiger charge is 2.00. The number of aryl methyl sites for hydroxylation is 2. The van der Waals surface area contributed by atoms with Crippen LogP contribution in [0.25, 0.3) is 0 Å². The molecule has 1 unspecified atom stereocenters. The molecule has 0 radical (unpaired) electrons. The average Bonchev–Trinajstić information content (AvgIpc) is 2.15. The van der Waals surface area contributed by atoms with Gasteiger partial charge in [-0.3, -0.25) is 0 Å². The van der Waals surface area contributed by atoms with Crippen molar-refractivity contribution in [2.24, 2.45) is 5.73 Å². The first-order chi connectivity index (χ1) is 7.58. The van der Waals surface area contributed by atoms with Crippen molar-refractivity contribution >= 4 is 11.8 Å². The lowest BCUT2D eigenvalue weighted by molar-refractivity contribution is 0.618. The van der Waals surface area contributed by atoms with Crippen molar-refractivity contribution in [3.63, 3.8) is 0 Å². The molecular weight excluding hydrogens is 218 g/mol. The quantitative estimate of drug-likeness (QED) is 0.471. The van der Waals surface area contributed by atoms with Gasteiger partial charge in [0.05, 0.1) is 0 Å². The van der Waals surface area contributed by atoms with Gasteiger partial charge in [0.2, 0.25) is 0 Å². The van der Waals surface area contributed by atoms with Crippen LogP contribution in [0.3, 0.4) is 0 Å². The van der Waals surface area contributed by atoms with Gasteiger partial charge in [0.15, 0.2) is 5.16 Å². The standard InChI is InChI=1S/C12H21N3S/c1-9(13)6-4-5-7-16-12-14-10(2)8-11(3)15-12/h8-9H,4-7,13H2,1-3H3. The van der Waals surface area contributed by atoms with Crippen LogP contribution in [0.5, 0.6) is 0 Å². The molecule has 0 saturated heterocycles. The van der Waals surface area contributed by atoms with Crippen molar-refractivity contribution < 1.29 is 0 Å². The summed E-state index contributed by atoms with van der Waals surface area (Å²) in [6.45, 7) is 6.07. The summed E-state index contributed by atoms with van der Waals surface area (Å²) in [5.74, 6) is 1.08. The number of thioether (sulfide) groups is 1. The minimum absolute atomic E-state index is 0.322. The van der Waals surface area contributed by atoms with Gasteiger partial charge in [-0.25, -0.2) is 9.97 Å². The second-order valence-electron chi connectivity index (χ2n) is 4.25. The third kappa shape index (κ3) is 5.47. The van der Waals surface area contributed by atoms with Gasteiger partial charge in [-0.05, 0) is 39.7 Å². The van der Waals surface area contributed by atoms with Gasteiger partial charge in [-0.1, -0.05) is 18.2 Å². The summed E-state index contributed by atoms with van der Waals surface area (Å²) >= 11 is 1.74. The van der Waals surface area contributed by atoms with Crippen LogP contribution in [-0.4, -0.2) is 21.8 Å². The predicted molar refractivity (Wildman–Crippen MR) is 69.7 cm³/mol. The van der Waals surface area contributed by atoms with E-state index in [1.54, 1.807) is 11.8 Å². The molecule has 0 aliphatic rings. The molecule has 2 N–H and O–H groups in total. The van der Waals surface area contributed by atoms with E-state index in [0.29, 0.717) is 6.04 Å². The molecule has 0 amide bonds. The van der Waals surface area contributed by atoms with Crippen molar-refractivity contribution in [3.05, 3.63) is 17.5 Å². The molecule has 3 nitrogen and oxygen atoms in total. The van der Waals surface area contributed by atoms with Crippen LogP contribution >= 0.6 is 11.8 Å². The zero-order valence-corrected chi connectivity index (χ0v) is 11.2. The molecular formula is C12H21N3S. The first-order valence-electron chi connectivity index (χ1n) is 5.78. The third-order valence-corrected chi connectivity index (χ3v) is 3.18. The molecule has 1 aromatic heterocycles. The van der Waals surface area contributed by atoms with Crippen LogP contribution < -0.4 is 5.73 Å². The number of nitrogens with two attached hydrogens (primary N) is 1. The summed E-state index contributed by atoms with van der Waals surface area (Å²) in [5, 5.41) is 0.901. The van der Waals surface area contributed by atoms with Gasteiger partial charge >= 0.3 is 0 Å². The zero-order valence-electron chi connectivity index (χ0n) is 10.4. The van der Waals surface area contributed by atoms with E-state index >= 15 is 0 Å². The molecule has 0 saturated carbocycles. The number of unbranched alkanes of at least 4 members (excludes halogenated alkanes) is 1. The van der Waals surface area contributed by atoms with Gasteiger partial charge < -0.3 is 5.73 Å². The fourth-order valence-corrected chi connectivity index (χ4v) is 2.44. The topological polar surface area (TPSA) is 51.8 Å². The van der Waals surface area contributed by atoms with E-state index in [-0.39, 0.29) is 0 Å². The lowest BCUT2D eigenvalue weighted by atomic mass is 10.2. The molecule has 0 aromatic carbocycles. The second kappa shape index (κ2) is 6.86. The Labute approximate surface area is 102 Å². The van der Waals surface area contributed by atoms with Crippen LogP contribution in [-0.2, 0) is 0 Å². The Morgan fingerprint density at radius 3 is 2.44 bits per heavy atom. The lowest BCUT2D eigenvalue weighted by Crippen LogP contribution is -2.14. The molecule has 1 rings (SSSR count). The van der Waals surface area contributed by atoms with Crippen molar-refractivity contribution in [1.82, 2.24) is 9.97 Å². The van der Waals surface area contributed by atoms with E-state index in [1.165, 1.54) is 12.8 Å². The first-order valence-corrected chi connectivity index (χ1v) is 6.77. The molecule has 4 heteroatoms. The van der Waals surface area contributed by atoms with Crippen LogP contribution in [0.15, 0.2) is 11.2 Å². The van der Waals surface area contributed by atoms with E-state index in [9.17, 15) is 0 Å². The molecule has 16 heavy (non-hydrogen) atoms. The number of aromatic nitrogens is 2. The minimum Gasteiger partial charge on any atom is -0.328 e.